The second kappa shape index (κ2) is 8.95. The number of ether oxygens (including phenoxy) is 2. The van der Waals surface area contributed by atoms with Gasteiger partial charge in [-0.15, -0.1) is 0 Å². The molecular formula is C22H24ClN5O3. The summed E-state index contributed by atoms with van der Waals surface area (Å²) in [6, 6.07) is 9.35. The van der Waals surface area contributed by atoms with E-state index in [0.717, 1.165) is 24.3 Å². The molecule has 0 bridgehead atoms. The molecule has 2 aromatic carbocycles. The van der Waals surface area contributed by atoms with Crippen LogP contribution in [-0.4, -0.2) is 52.9 Å². The number of carbonyl (C=O) groups excluding carboxylic acids is 1. The molecule has 0 spiro atoms. The number of benzene rings is 2. The van der Waals surface area contributed by atoms with Gasteiger partial charge in [-0.25, -0.2) is 9.67 Å². The SMILES string of the molecule is COc1cc2c(cc1OC)C(C)N(CC(=O)Nc1cc(Cl)ccc1-n1cncn1)CC2. The van der Waals surface area contributed by atoms with Crippen LogP contribution in [-0.2, 0) is 11.2 Å². The van der Waals surface area contributed by atoms with Crippen molar-refractivity contribution >= 4 is 23.2 Å². The van der Waals surface area contributed by atoms with E-state index >= 15 is 0 Å². The fraction of sp³-hybridized carbons (Fsp3) is 0.318. The van der Waals surface area contributed by atoms with Crippen molar-refractivity contribution in [2.45, 2.75) is 19.4 Å². The fourth-order valence-electron chi connectivity index (χ4n) is 3.93. The lowest BCUT2D eigenvalue weighted by atomic mass is 9.93. The van der Waals surface area contributed by atoms with Crippen LogP contribution in [0.1, 0.15) is 24.1 Å². The van der Waals surface area contributed by atoms with E-state index in [4.69, 9.17) is 21.1 Å². The lowest BCUT2D eigenvalue weighted by Crippen LogP contribution is -2.39. The smallest absolute Gasteiger partial charge is 0.238 e. The largest absolute Gasteiger partial charge is 0.493 e. The van der Waals surface area contributed by atoms with E-state index in [2.05, 4.69) is 27.2 Å². The number of amides is 1. The average molecular weight is 442 g/mol. The van der Waals surface area contributed by atoms with Crippen molar-refractivity contribution in [2.24, 2.45) is 0 Å². The van der Waals surface area contributed by atoms with Crippen molar-refractivity contribution in [3.05, 3.63) is 59.1 Å². The first-order valence-electron chi connectivity index (χ1n) is 9.93. The minimum atomic E-state index is -0.126. The number of carbonyl (C=O) groups is 1. The summed E-state index contributed by atoms with van der Waals surface area (Å²) in [5.74, 6) is 1.29. The predicted molar refractivity (Wildman–Crippen MR) is 118 cm³/mol. The Morgan fingerprint density at radius 1 is 1.23 bits per heavy atom. The summed E-state index contributed by atoms with van der Waals surface area (Å²) in [6.45, 7) is 3.11. The zero-order valence-electron chi connectivity index (χ0n) is 17.6. The highest BCUT2D eigenvalue weighted by Crippen LogP contribution is 2.37. The third-order valence-electron chi connectivity index (χ3n) is 5.56. The number of hydrogen-bond acceptors (Lipinski definition) is 6. The van der Waals surface area contributed by atoms with E-state index in [1.807, 2.05) is 12.1 Å². The van der Waals surface area contributed by atoms with Crippen molar-refractivity contribution in [2.75, 3.05) is 32.6 Å². The Labute approximate surface area is 185 Å². The molecule has 0 fully saturated rings. The molecule has 1 unspecified atom stereocenters. The highest BCUT2D eigenvalue weighted by Gasteiger charge is 2.27. The van der Waals surface area contributed by atoms with E-state index in [1.54, 1.807) is 43.4 Å². The van der Waals surface area contributed by atoms with Crippen LogP contribution in [0.3, 0.4) is 0 Å². The van der Waals surface area contributed by atoms with Crippen molar-refractivity contribution in [1.29, 1.82) is 0 Å². The van der Waals surface area contributed by atoms with Gasteiger partial charge in [0, 0.05) is 17.6 Å². The maximum atomic E-state index is 12.9. The number of aromatic nitrogens is 3. The maximum Gasteiger partial charge on any atom is 0.238 e. The molecule has 0 saturated heterocycles. The molecule has 1 aliphatic heterocycles. The van der Waals surface area contributed by atoms with Gasteiger partial charge in [-0.05, 0) is 54.8 Å². The van der Waals surface area contributed by atoms with Crippen LogP contribution in [0.15, 0.2) is 43.0 Å². The molecule has 162 valence electrons. The van der Waals surface area contributed by atoms with Gasteiger partial charge < -0.3 is 14.8 Å². The van der Waals surface area contributed by atoms with Gasteiger partial charge in [-0.2, -0.15) is 5.10 Å². The Bertz CT molecular complexity index is 1090. The fourth-order valence-corrected chi connectivity index (χ4v) is 4.10. The molecular weight excluding hydrogens is 418 g/mol. The van der Waals surface area contributed by atoms with Crippen molar-refractivity contribution < 1.29 is 14.3 Å². The second-order valence-electron chi connectivity index (χ2n) is 7.35. The van der Waals surface area contributed by atoms with Crippen molar-refractivity contribution in [3.63, 3.8) is 0 Å². The third kappa shape index (κ3) is 4.35. The first kappa shape index (κ1) is 21.1. The summed E-state index contributed by atoms with van der Waals surface area (Å²) in [5.41, 5.74) is 3.64. The summed E-state index contributed by atoms with van der Waals surface area (Å²) in [5, 5.41) is 7.65. The van der Waals surface area contributed by atoms with Crippen LogP contribution >= 0.6 is 11.6 Å². The summed E-state index contributed by atoms with van der Waals surface area (Å²) in [4.78, 5) is 19.0. The molecule has 0 aliphatic carbocycles. The molecule has 1 aromatic heterocycles. The van der Waals surface area contributed by atoms with E-state index in [1.165, 1.54) is 11.9 Å². The highest BCUT2D eigenvalue weighted by molar-refractivity contribution is 6.31. The minimum Gasteiger partial charge on any atom is -0.493 e. The summed E-state index contributed by atoms with van der Waals surface area (Å²) >= 11 is 6.16. The quantitative estimate of drug-likeness (QED) is 0.630. The zero-order valence-corrected chi connectivity index (χ0v) is 18.4. The van der Waals surface area contributed by atoms with E-state index < -0.39 is 0 Å². The van der Waals surface area contributed by atoms with Gasteiger partial charge in [-0.3, -0.25) is 9.69 Å². The molecule has 1 N–H and O–H groups in total. The van der Waals surface area contributed by atoms with Gasteiger partial charge in [-0.1, -0.05) is 11.6 Å². The monoisotopic (exact) mass is 441 g/mol. The summed E-state index contributed by atoms with van der Waals surface area (Å²) in [7, 11) is 3.26. The highest BCUT2D eigenvalue weighted by atomic mass is 35.5. The Hall–Kier alpha value is -3.10. The predicted octanol–water partition coefficient (Wildman–Crippen LogP) is 3.50. The summed E-state index contributed by atoms with van der Waals surface area (Å²) < 4.78 is 12.5. The van der Waals surface area contributed by atoms with E-state index in [9.17, 15) is 4.79 Å². The Balaban J connectivity index is 1.51. The number of nitrogens with one attached hydrogen (secondary N) is 1. The number of halogens is 1. The standard InChI is InChI=1S/C22H24ClN5O3/c1-14-17-10-21(31-3)20(30-2)8-15(17)6-7-27(14)11-22(29)26-18-9-16(23)4-5-19(18)28-13-24-12-25-28/h4-5,8-10,12-14H,6-7,11H2,1-3H3,(H,26,29). The Kier molecular flexibility index (Phi) is 6.11. The molecule has 2 heterocycles. The number of nitrogens with zero attached hydrogens (tertiary/aromatic N) is 4. The molecule has 9 heteroatoms. The maximum absolute atomic E-state index is 12.9. The molecule has 8 nitrogen and oxygen atoms in total. The van der Waals surface area contributed by atoms with Crippen LogP contribution in [0.2, 0.25) is 5.02 Å². The van der Waals surface area contributed by atoms with Crippen molar-refractivity contribution in [3.8, 4) is 17.2 Å². The number of anilines is 1. The van der Waals surface area contributed by atoms with Crippen LogP contribution in [0.25, 0.3) is 5.69 Å². The Morgan fingerprint density at radius 2 is 2.00 bits per heavy atom. The number of methoxy groups -OCH3 is 2. The van der Waals surface area contributed by atoms with Gasteiger partial charge in [0.15, 0.2) is 11.5 Å². The second-order valence-corrected chi connectivity index (χ2v) is 7.79. The normalized spacial score (nSPS) is 15.9. The first-order chi connectivity index (χ1) is 15.0. The van der Waals surface area contributed by atoms with Gasteiger partial charge in [0.05, 0.1) is 32.1 Å². The topological polar surface area (TPSA) is 81.5 Å². The lowest BCUT2D eigenvalue weighted by Gasteiger charge is -2.35. The van der Waals surface area contributed by atoms with Gasteiger partial charge in [0.2, 0.25) is 5.91 Å². The first-order valence-corrected chi connectivity index (χ1v) is 10.3. The third-order valence-corrected chi connectivity index (χ3v) is 5.79. The van der Waals surface area contributed by atoms with E-state index in [0.29, 0.717) is 22.1 Å². The average Bonchev–Trinajstić information content (AvgIpc) is 3.29. The van der Waals surface area contributed by atoms with Crippen molar-refractivity contribution in [1.82, 2.24) is 19.7 Å². The molecule has 31 heavy (non-hydrogen) atoms. The van der Waals surface area contributed by atoms with Gasteiger partial charge in [0.1, 0.15) is 12.7 Å². The van der Waals surface area contributed by atoms with Gasteiger partial charge >= 0.3 is 0 Å². The Morgan fingerprint density at radius 3 is 2.71 bits per heavy atom. The molecule has 1 amide bonds. The zero-order chi connectivity index (χ0) is 22.0. The molecule has 0 radical (unpaired) electrons. The van der Waals surface area contributed by atoms with Crippen LogP contribution in [0, 0.1) is 0 Å². The molecule has 3 aromatic rings. The lowest BCUT2D eigenvalue weighted by molar-refractivity contribution is -0.117. The molecule has 1 aliphatic rings. The van der Waals surface area contributed by atoms with E-state index in [-0.39, 0.29) is 18.5 Å². The molecule has 4 rings (SSSR count). The van der Waals surface area contributed by atoms with Gasteiger partial charge in [0.25, 0.3) is 0 Å². The molecule has 0 saturated carbocycles. The summed E-state index contributed by atoms with van der Waals surface area (Å²) in [6.07, 6.45) is 3.84. The van der Waals surface area contributed by atoms with Crippen LogP contribution in [0.4, 0.5) is 5.69 Å². The van der Waals surface area contributed by atoms with Crippen LogP contribution in [0.5, 0.6) is 11.5 Å². The number of fused-ring (bicyclic) bond motifs is 1. The minimum absolute atomic E-state index is 0.0588. The number of hydrogen-bond donors (Lipinski definition) is 1. The molecule has 1 atom stereocenters. The number of rotatable bonds is 6. The van der Waals surface area contributed by atoms with Crippen LogP contribution < -0.4 is 14.8 Å².